The first-order valence-corrected chi connectivity index (χ1v) is 8.88. The number of hydrogen-bond donors (Lipinski definition) is 1. The lowest BCUT2D eigenvalue weighted by molar-refractivity contribution is -0.274. The molecule has 1 aliphatic heterocycles. The van der Waals surface area contributed by atoms with Gasteiger partial charge >= 0.3 is 6.36 Å². The van der Waals surface area contributed by atoms with Gasteiger partial charge in [0.2, 0.25) is 11.7 Å². The van der Waals surface area contributed by atoms with Crippen LogP contribution >= 0.6 is 0 Å². The Kier molecular flexibility index (Phi) is 5.20. The number of halogens is 3. The van der Waals surface area contributed by atoms with Crippen molar-refractivity contribution in [2.45, 2.75) is 31.5 Å². The van der Waals surface area contributed by atoms with Crippen LogP contribution in [0.1, 0.15) is 23.9 Å². The predicted molar refractivity (Wildman–Crippen MR) is 94.4 cm³/mol. The van der Waals surface area contributed by atoms with Crippen molar-refractivity contribution < 1.29 is 27.5 Å². The van der Waals surface area contributed by atoms with Gasteiger partial charge in [0.25, 0.3) is 0 Å². The van der Waals surface area contributed by atoms with Gasteiger partial charge in [-0.2, -0.15) is 4.98 Å². The number of aliphatic hydroxyl groups excluding tert-OH is 1. The largest absolute Gasteiger partial charge is 0.573 e. The lowest BCUT2D eigenvalue weighted by atomic mass is 10.2. The zero-order valence-electron chi connectivity index (χ0n) is 15.1. The van der Waals surface area contributed by atoms with Gasteiger partial charge in [-0.1, -0.05) is 11.2 Å². The highest BCUT2D eigenvalue weighted by molar-refractivity contribution is 5.55. The quantitative estimate of drug-likeness (QED) is 0.696. The van der Waals surface area contributed by atoms with Crippen LogP contribution in [0, 0.1) is 0 Å². The molecule has 3 heterocycles. The van der Waals surface area contributed by atoms with Crippen LogP contribution < -0.4 is 4.74 Å². The first-order chi connectivity index (χ1) is 13.9. The summed E-state index contributed by atoms with van der Waals surface area (Å²) in [5.74, 6) is 0.267. The Morgan fingerprint density at radius 3 is 2.69 bits per heavy atom. The van der Waals surface area contributed by atoms with E-state index in [1.807, 2.05) is 17.0 Å². The lowest BCUT2D eigenvalue weighted by Crippen LogP contribution is -2.24. The van der Waals surface area contributed by atoms with E-state index in [2.05, 4.69) is 19.9 Å². The summed E-state index contributed by atoms with van der Waals surface area (Å²) in [6.45, 7) is 1.03. The summed E-state index contributed by atoms with van der Waals surface area (Å²) in [6.07, 6.45) is -1.38. The van der Waals surface area contributed by atoms with Crippen LogP contribution in [0.25, 0.3) is 11.4 Å². The summed E-state index contributed by atoms with van der Waals surface area (Å²) in [5, 5.41) is 14.0. The third-order valence-corrected chi connectivity index (χ3v) is 4.56. The zero-order valence-corrected chi connectivity index (χ0v) is 15.1. The molecule has 0 amide bonds. The minimum atomic E-state index is -4.75. The number of likely N-dealkylation sites (tertiary alicyclic amines) is 1. The van der Waals surface area contributed by atoms with Crippen LogP contribution in [0.3, 0.4) is 0 Å². The van der Waals surface area contributed by atoms with Crippen molar-refractivity contribution in [1.29, 1.82) is 0 Å². The van der Waals surface area contributed by atoms with Crippen LogP contribution in [-0.2, 0) is 6.54 Å². The first kappa shape index (κ1) is 19.3. The first-order valence-electron chi connectivity index (χ1n) is 8.88. The molecule has 7 nitrogen and oxygen atoms in total. The van der Waals surface area contributed by atoms with E-state index in [1.165, 1.54) is 24.3 Å². The second kappa shape index (κ2) is 7.80. The fourth-order valence-corrected chi connectivity index (χ4v) is 3.33. The van der Waals surface area contributed by atoms with Crippen molar-refractivity contribution in [2.24, 2.45) is 0 Å². The fourth-order valence-electron chi connectivity index (χ4n) is 3.33. The molecule has 2 atom stereocenters. The number of ether oxygens (including phenoxy) is 1. The Hall–Kier alpha value is -2.98. The highest BCUT2D eigenvalue weighted by Gasteiger charge is 2.36. The number of nitrogens with zero attached hydrogens (tertiary/aromatic N) is 4. The van der Waals surface area contributed by atoms with Gasteiger partial charge in [0, 0.05) is 31.0 Å². The number of benzene rings is 1. The molecule has 1 fully saturated rings. The highest BCUT2D eigenvalue weighted by Crippen LogP contribution is 2.33. The van der Waals surface area contributed by atoms with Crippen molar-refractivity contribution in [3.05, 3.63) is 60.2 Å². The third kappa shape index (κ3) is 4.72. The number of hydrogen-bond acceptors (Lipinski definition) is 7. The van der Waals surface area contributed by atoms with Gasteiger partial charge in [-0.25, -0.2) is 0 Å². The van der Waals surface area contributed by atoms with Gasteiger partial charge in [-0.15, -0.1) is 13.2 Å². The molecule has 1 saturated heterocycles. The van der Waals surface area contributed by atoms with E-state index in [4.69, 9.17) is 4.52 Å². The topological polar surface area (TPSA) is 84.5 Å². The smallest absolute Gasteiger partial charge is 0.406 e. The molecule has 1 aliphatic rings. The van der Waals surface area contributed by atoms with Crippen molar-refractivity contribution in [2.75, 3.05) is 6.54 Å². The monoisotopic (exact) mass is 406 g/mol. The molecule has 1 aromatic carbocycles. The molecular formula is C19H17F3N4O3. The highest BCUT2D eigenvalue weighted by atomic mass is 19.4. The Bertz CT molecular complexity index is 947. The van der Waals surface area contributed by atoms with E-state index in [0.717, 1.165) is 5.56 Å². The number of alkyl halides is 3. The number of aliphatic hydroxyl groups is 1. The molecule has 0 radical (unpaired) electrons. The maximum atomic E-state index is 12.3. The van der Waals surface area contributed by atoms with Crippen molar-refractivity contribution >= 4 is 0 Å². The summed E-state index contributed by atoms with van der Waals surface area (Å²) in [6, 6.07) is 8.74. The van der Waals surface area contributed by atoms with Crippen LogP contribution in [0.4, 0.5) is 13.2 Å². The Labute approximate surface area is 163 Å². The average Bonchev–Trinajstić information content (AvgIpc) is 3.29. The molecule has 0 unspecified atom stereocenters. The predicted octanol–water partition coefficient (Wildman–Crippen LogP) is 3.34. The second-order valence-electron chi connectivity index (χ2n) is 6.72. The molecule has 0 spiro atoms. The summed E-state index contributed by atoms with van der Waals surface area (Å²) in [4.78, 5) is 10.5. The van der Waals surface area contributed by atoms with E-state index in [9.17, 15) is 18.3 Å². The van der Waals surface area contributed by atoms with Crippen LogP contribution in [0.5, 0.6) is 5.75 Å². The Morgan fingerprint density at radius 1 is 1.21 bits per heavy atom. The number of aromatic nitrogens is 3. The van der Waals surface area contributed by atoms with Gasteiger partial charge < -0.3 is 14.4 Å². The summed E-state index contributed by atoms with van der Waals surface area (Å²) < 4.78 is 46.1. The van der Waals surface area contributed by atoms with Crippen LogP contribution in [0.2, 0.25) is 0 Å². The zero-order chi connectivity index (χ0) is 20.4. The summed E-state index contributed by atoms with van der Waals surface area (Å²) >= 11 is 0. The molecule has 1 N–H and O–H groups in total. The Morgan fingerprint density at radius 2 is 2.00 bits per heavy atom. The minimum Gasteiger partial charge on any atom is -0.406 e. The van der Waals surface area contributed by atoms with Crippen molar-refractivity contribution in [1.82, 2.24) is 20.0 Å². The molecule has 29 heavy (non-hydrogen) atoms. The summed E-state index contributed by atoms with van der Waals surface area (Å²) in [7, 11) is 0. The molecule has 3 aromatic rings. The number of pyridine rings is 1. The van der Waals surface area contributed by atoms with Gasteiger partial charge in [0.1, 0.15) is 5.75 Å². The number of rotatable bonds is 5. The van der Waals surface area contributed by atoms with Crippen molar-refractivity contribution in [3.63, 3.8) is 0 Å². The molecule has 0 bridgehead atoms. The van der Waals surface area contributed by atoms with E-state index < -0.39 is 12.5 Å². The molecule has 10 heteroatoms. The molecule has 2 aromatic heterocycles. The summed E-state index contributed by atoms with van der Waals surface area (Å²) in [5.41, 5.74) is 1.48. The molecule has 152 valence electrons. The third-order valence-electron chi connectivity index (χ3n) is 4.56. The van der Waals surface area contributed by atoms with Crippen LogP contribution in [-0.4, -0.2) is 44.1 Å². The van der Waals surface area contributed by atoms with E-state index in [-0.39, 0.29) is 17.6 Å². The van der Waals surface area contributed by atoms with Gasteiger partial charge in [0.05, 0.1) is 12.1 Å². The van der Waals surface area contributed by atoms with Gasteiger partial charge in [-0.05, 0) is 42.3 Å². The van der Waals surface area contributed by atoms with Gasteiger partial charge in [-0.3, -0.25) is 9.88 Å². The SMILES string of the molecule is O[C@@H]1C[C@@H](c2nc(-c3ccc(OC(F)(F)F)cc3)no2)N(Cc2cccnc2)C1. The fraction of sp³-hybridized carbons (Fsp3) is 0.316. The standard InChI is InChI=1S/C19H17F3N4O3/c20-19(21,22)28-15-5-3-13(4-6-15)17-24-18(29-25-17)16-8-14(27)11-26(16)10-12-2-1-7-23-9-12/h1-7,9,14,16,27H,8,10-11H2/t14-,16+/m1/s1. The second-order valence-corrected chi connectivity index (χ2v) is 6.72. The van der Waals surface area contributed by atoms with Crippen LogP contribution in [0.15, 0.2) is 53.3 Å². The maximum absolute atomic E-state index is 12.3. The van der Waals surface area contributed by atoms with E-state index in [0.29, 0.717) is 31.0 Å². The minimum absolute atomic E-state index is 0.251. The van der Waals surface area contributed by atoms with E-state index >= 15 is 0 Å². The maximum Gasteiger partial charge on any atom is 0.573 e. The normalized spacial score (nSPS) is 20.1. The molecule has 0 aliphatic carbocycles. The van der Waals surface area contributed by atoms with Gasteiger partial charge in [0.15, 0.2) is 0 Å². The molecule has 0 saturated carbocycles. The number of β-amino-alcohol motifs (C(OH)–C–C–N with tert-alkyl or cyclic N) is 1. The van der Waals surface area contributed by atoms with Crippen molar-refractivity contribution in [3.8, 4) is 17.1 Å². The lowest BCUT2D eigenvalue weighted by Gasteiger charge is -2.20. The van der Waals surface area contributed by atoms with E-state index in [1.54, 1.807) is 12.4 Å². The average molecular weight is 406 g/mol. The molecular weight excluding hydrogens is 389 g/mol. The molecule has 4 rings (SSSR count). The Balaban J connectivity index is 1.50.